The molecule has 0 aromatic carbocycles. The molecule has 0 spiro atoms. The van der Waals surface area contributed by atoms with Crippen molar-refractivity contribution in [2.45, 2.75) is 70.5 Å². The summed E-state index contributed by atoms with van der Waals surface area (Å²) in [5.41, 5.74) is 0.415. The third kappa shape index (κ3) is 3.18. The van der Waals surface area contributed by atoms with Gasteiger partial charge in [0.1, 0.15) is 0 Å². The Hall–Kier alpha value is -0.0800. The van der Waals surface area contributed by atoms with Gasteiger partial charge in [-0.25, -0.2) is 0 Å². The first-order valence-electron chi connectivity index (χ1n) is 6.48. The summed E-state index contributed by atoms with van der Waals surface area (Å²) in [6.07, 6.45) is 10.0. The molecule has 15 heavy (non-hydrogen) atoms. The van der Waals surface area contributed by atoms with E-state index >= 15 is 0 Å². The van der Waals surface area contributed by atoms with Crippen molar-refractivity contribution in [3.8, 4) is 0 Å². The van der Waals surface area contributed by atoms with Crippen LogP contribution in [0.3, 0.4) is 0 Å². The van der Waals surface area contributed by atoms with Crippen molar-refractivity contribution in [2.75, 3.05) is 6.61 Å². The second-order valence-electron chi connectivity index (χ2n) is 5.73. The van der Waals surface area contributed by atoms with Crippen molar-refractivity contribution >= 4 is 0 Å². The van der Waals surface area contributed by atoms with E-state index in [1.165, 1.54) is 38.5 Å². The summed E-state index contributed by atoms with van der Waals surface area (Å²) in [7, 11) is 0. The third-order valence-electron chi connectivity index (χ3n) is 4.14. The minimum Gasteiger partial charge on any atom is -0.393 e. The van der Waals surface area contributed by atoms with Crippen LogP contribution < -0.4 is 0 Å². The Bertz CT molecular complexity index is 199. The Labute approximate surface area is 93.0 Å². The maximum Gasteiger partial charge on any atom is 0.0576 e. The van der Waals surface area contributed by atoms with E-state index in [-0.39, 0.29) is 6.10 Å². The van der Waals surface area contributed by atoms with Crippen molar-refractivity contribution in [1.29, 1.82) is 0 Å². The SMILES string of the molecule is CC1(CCCC2CCCO2)CCC(O)C1. The molecule has 1 N–H and O–H groups in total. The highest BCUT2D eigenvalue weighted by molar-refractivity contribution is 4.85. The predicted octanol–water partition coefficient (Wildman–Crippen LogP) is 2.89. The Morgan fingerprint density at radius 3 is 2.87 bits per heavy atom. The zero-order valence-corrected chi connectivity index (χ0v) is 9.87. The highest BCUT2D eigenvalue weighted by Gasteiger charge is 2.33. The summed E-state index contributed by atoms with van der Waals surface area (Å²) in [4.78, 5) is 0. The van der Waals surface area contributed by atoms with Gasteiger partial charge in [0.05, 0.1) is 12.2 Å². The first-order chi connectivity index (χ1) is 7.18. The maximum absolute atomic E-state index is 9.55. The second-order valence-corrected chi connectivity index (χ2v) is 5.73. The number of hydrogen-bond acceptors (Lipinski definition) is 2. The quantitative estimate of drug-likeness (QED) is 0.776. The summed E-state index contributed by atoms with van der Waals surface area (Å²) < 4.78 is 5.62. The molecule has 1 aliphatic carbocycles. The molecule has 3 unspecified atom stereocenters. The minimum atomic E-state index is -0.0299. The van der Waals surface area contributed by atoms with Gasteiger partial charge < -0.3 is 9.84 Å². The van der Waals surface area contributed by atoms with E-state index in [2.05, 4.69) is 6.92 Å². The molecule has 2 nitrogen and oxygen atoms in total. The Morgan fingerprint density at radius 1 is 1.40 bits per heavy atom. The van der Waals surface area contributed by atoms with Gasteiger partial charge >= 0.3 is 0 Å². The van der Waals surface area contributed by atoms with Gasteiger partial charge in [0.25, 0.3) is 0 Å². The molecule has 2 rings (SSSR count). The molecule has 2 aliphatic rings. The molecule has 0 amide bonds. The number of rotatable bonds is 4. The molecule has 2 fully saturated rings. The lowest BCUT2D eigenvalue weighted by Gasteiger charge is -2.24. The molecule has 0 aromatic heterocycles. The van der Waals surface area contributed by atoms with Crippen LogP contribution >= 0.6 is 0 Å². The number of hydrogen-bond donors (Lipinski definition) is 1. The maximum atomic E-state index is 9.55. The summed E-state index contributed by atoms with van der Waals surface area (Å²) in [5.74, 6) is 0. The summed E-state index contributed by atoms with van der Waals surface area (Å²) in [6, 6.07) is 0. The highest BCUT2D eigenvalue weighted by Crippen LogP contribution is 2.42. The lowest BCUT2D eigenvalue weighted by molar-refractivity contribution is 0.0969. The zero-order chi connectivity index (χ0) is 10.7. The molecular formula is C13H24O2. The minimum absolute atomic E-state index is 0.0299. The molecule has 1 saturated heterocycles. The van der Waals surface area contributed by atoms with Crippen LogP contribution in [-0.2, 0) is 4.74 Å². The van der Waals surface area contributed by atoms with Crippen molar-refractivity contribution < 1.29 is 9.84 Å². The van der Waals surface area contributed by atoms with Gasteiger partial charge in [-0.15, -0.1) is 0 Å². The molecule has 0 bridgehead atoms. The van der Waals surface area contributed by atoms with E-state index in [4.69, 9.17) is 4.74 Å². The van der Waals surface area contributed by atoms with Crippen molar-refractivity contribution in [3.05, 3.63) is 0 Å². The number of aliphatic hydroxyl groups excluding tert-OH is 1. The lowest BCUT2D eigenvalue weighted by atomic mass is 9.83. The third-order valence-corrected chi connectivity index (χ3v) is 4.14. The van der Waals surface area contributed by atoms with E-state index in [1.807, 2.05) is 0 Å². The summed E-state index contributed by atoms with van der Waals surface area (Å²) in [5, 5.41) is 9.55. The van der Waals surface area contributed by atoms with E-state index in [1.54, 1.807) is 0 Å². The standard InChI is InChI=1S/C13H24O2/c1-13(8-6-11(14)10-13)7-2-4-12-5-3-9-15-12/h11-12,14H,2-10H2,1H3. The largest absolute Gasteiger partial charge is 0.393 e. The van der Waals surface area contributed by atoms with Crippen molar-refractivity contribution in [1.82, 2.24) is 0 Å². The molecule has 3 atom stereocenters. The molecule has 0 radical (unpaired) electrons. The molecule has 1 aliphatic heterocycles. The Morgan fingerprint density at radius 2 is 2.27 bits per heavy atom. The normalized spacial score (nSPS) is 41.2. The van der Waals surface area contributed by atoms with Crippen LogP contribution in [0, 0.1) is 5.41 Å². The average molecular weight is 212 g/mol. The monoisotopic (exact) mass is 212 g/mol. The van der Waals surface area contributed by atoms with Crippen LogP contribution in [0.1, 0.15) is 58.3 Å². The van der Waals surface area contributed by atoms with Crippen LogP contribution in [0.15, 0.2) is 0 Å². The van der Waals surface area contributed by atoms with Crippen molar-refractivity contribution in [3.63, 3.8) is 0 Å². The van der Waals surface area contributed by atoms with Gasteiger partial charge in [-0.1, -0.05) is 13.3 Å². The highest BCUT2D eigenvalue weighted by atomic mass is 16.5. The lowest BCUT2D eigenvalue weighted by Crippen LogP contribution is -2.14. The fraction of sp³-hybridized carbons (Fsp3) is 1.00. The fourth-order valence-electron chi connectivity index (χ4n) is 3.14. The van der Waals surface area contributed by atoms with Gasteiger partial charge in [0.15, 0.2) is 0 Å². The molecule has 1 heterocycles. The summed E-state index contributed by atoms with van der Waals surface area (Å²) >= 11 is 0. The predicted molar refractivity (Wildman–Crippen MR) is 60.8 cm³/mol. The van der Waals surface area contributed by atoms with Gasteiger partial charge in [-0.05, 0) is 50.4 Å². The number of ether oxygens (including phenoxy) is 1. The first-order valence-corrected chi connectivity index (χ1v) is 6.48. The zero-order valence-electron chi connectivity index (χ0n) is 9.87. The first kappa shape index (κ1) is 11.4. The molecule has 2 heteroatoms. The molecule has 0 aromatic rings. The van der Waals surface area contributed by atoms with Gasteiger partial charge in [-0.2, -0.15) is 0 Å². The van der Waals surface area contributed by atoms with Gasteiger partial charge in [0, 0.05) is 6.61 Å². The molecular weight excluding hydrogens is 188 g/mol. The molecule has 1 saturated carbocycles. The van der Waals surface area contributed by atoms with Gasteiger partial charge in [-0.3, -0.25) is 0 Å². The fourth-order valence-corrected chi connectivity index (χ4v) is 3.14. The van der Waals surface area contributed by atoms with E-state index in [0.717, 1.165) is 19.4 Å². The van der Waals surface area contributed by atoms with Crippen LogP contribution in [0.25, 0.3) is 0 Å². The van der Waals surface area contributed by atoms with Gasteiger partial charge in [0.2, 0.25) is 0 Å². The number of aliphatic hydroxyl groups is 1. The van der Waals surface area contributed by atoms with E-state index < -0.39 is 0 Å². The van der Waals surface area contributed by atoms with Crippen LogP contribution in [0.4, 0.5) is 0 Å². The van der Waals surface area contributed by atoms with Crippen LogP contribution in [0.5, 0.6) is 0 Å². The smallest absolute Gasteiger partial charge is 0.0576 e. The van der Waals surface area contributed by atoms with Crippen LogP contribution in [-0.4, -0.2) is 23.9 Å². The van der Waals surface area contributed by atoms with E-state index in [0.29, 0.717) is 11.5 Å². The Balaban J connectivity index is 1.64. The topological polar surface area (TPSA) is 29.5 Å². The summed E-state index contributed by atoms with van der Waals surface area (Å²) in [6.45, 7) is 3.30. The van der Waals surface area contributed by atoms with E-state index in [9.17, 15) is 5.11 Å². The van der Waals surface area contributed by atoms with Crippen LogP contribution in [0.2, 0.25) is 0 Å². The Kier molecular flexibility index (Phi) is 3.68. The average Bonchev–Trinajstić information content (AvgIpc) is 2.77. The molecule has 88 valence electrons. The second kappa shape index (κ2) is 4.84. The van der Waals surface area contributed by atoms with Crippen molar-refractivity contribution in [2.24, 2.45) is 5.41 Å².